The summed E-state index contributed by atoms with van der Waals surface area (Å²) in [5.41, 5.74) is -3.58. The predicted octanol–water partition coefficient (Wildman–Crippen LogP) is 4.20. The molecule has 0 saturated heterocycles. The standard InChI is InChI=1S/C24H22ClF3N4O2/c1-15-6-7-20(19(27)10-15)32(22(33)21(25)28)24(2,17-12-29-14-30-13-17)23(34)31-9-8-16-4-3-5-18(26)11-16/h3-7,10-14,21H,8-9H2,1-2H3,(H,31,34)/t21-,24+/m0/s1. The van der Waals surface area contributed by atoms with Gasteiger partial charge in [-0.3, -0.25) is 14.5 Å². The van der Waals surface area contributed by atoms with Gasteiger partial charge in [-0.1, -0.05) is 29.8 Å². The number of halogens is 4. The van der Waals surface area contributed by atoms with Crippen LogP contribution in [0.3, 0.4) is 0 Å². The van der Waals surface area contributed by atoms with Crippen molar-refractivity contribution in [3.63, 3.8) is 0 Å². The molecule has 1 aromatic heterocycles. The Kier molecular flexibility index (Phi) is 7.88. The average Bonchev–Trinajstić information content (AvgIpc) is 2.80. The lowest BCUT2D eigenvalue weighted by atomic mass is 9.89. The zero-order valence-electron chi connectivity index (χ0n) is 18.4. The molecule has 1 heterocycles. The first-order valence-electron chi connectivity index (χ1n) is 10.3. The molecule has 2 atom stereocenters. The second-order valence-electron chi connectivity index (χ2n) is 7.76. The van der Waals surface area contributed by atoms with Crippen LogP contribution >= 0.6 is 11.6 Å². The van der Waals surface area contributed by atoms with Crippen LogP contribution in [0.5, 0.6) is 0 Å². The number of alkyl halides is 2. The van der Waals surface area contributed by atoms with Crippen LogP contribution in [0.4, 0.5) is 18.9 Å². The molecular formula is C24H22ClF3N4O2. The number of carbonyl (C=O) groups excluding carboxylic acids is 2. The Morgan fingerprint density at radius 2 is 1.85 bits per heavy atom. The van der Waals surface area contributed by atoms with Crippen molar-refractivity contribution in [1.29, 1.82) is 0 Å². The van der Waals surface area contributed by atoms with E-state index >= 15 is 0 Å². The fraction of sp³-hybridized carbons (Fsp3) is 0.250. The van der Waals surface area contributed by atoms with Gasteiger partial charge in [0.1, 0.15) is 18.0 Å². The minimum absolute atomic E-state index is 0.0594. The van der Waals surface area contributed by atoms with E-state index in [0.717, 1.165) is 6.07 Å². The fourth-order valence-electron chi connectivity index (χ4n) is 3.57. The highest BCUT2D eigenvalue weighted by Gasteiger charge is 2.47. The number of nitrogens with zero attached hydrogens (tertiary/aromatic N) is 3. The van der Waals surface area contributed by atoms with Crippen molar-refractivity contribution in [3.05, 3.63) is 89.5 Å². The maximum atomic E-state index is 15.0. The molecule has 2 amide bonds. The van der Waals surface area contributed by atoms with Gasteiger partial charge >= 0.3 is 0 Å². The predicted molar refractivity (Wildman–Crippen MR) is 122 cm³/mol. The van der Waals surface area contributed by atoms with Crippen LogP contribution in [-0.2, 0) is 21.5 Å². The second-order valence-corrected chi connectivity index (χ2v) is 8.15. The van der Waals surface area contributed by atoms with E-state index in [0.29, 0.717) is 16.0 Å². The molecule has 0 aliphatic rings. The third-order valence-corrected chi connectivity index (χ3v) is 5.54. The molecular weight excluding hydrogens is 469 g/mol. The van der Waals surface area contributed by atoms with E-state index in [4.69, 9.17) is 11.6 Å². The summed E-state index contributed by atoms with van der Waals surface area (Å²) >= 11 is 5.48. The van der Waals surface area contributed by atoms with Gasteiger partial charge in [0, 0.05) is 24.5 Å². The number of nitrogens with one attached hydrogen (secondary N) is 1. The summed E-state index contributed by atoms with van der Waals surface area (Å²) in [6.45, 7) is 3.02. The van der Waals surface area contributed by atoms with Crippen LogP contribution in [0, 0.1) is 18.6 Å². The average molecular weight is 491 g/mol. The molecule has 0 saturated carbocycles. The monoisotopic (exact) mass is 490 g/mol. The number of hydrogen-bond donors (Lipinski definition) is 1. The smallest absolute Gasteiger partial charge is 0.278 e. The summed E-state index contributed by atoms with van der Waals surface area (Å²) in [6, 6.07) is 9.80. The molecule has 3 rings (SSSR count). The van der Waals surface area contributed by atoms with Gasteiger partial charge in [0.15, 0.2) is 5.54 Å². The van der Waals surface area contributed by atoms with Crippen LogP contribution < -0.4 is 10.2 Å². The van der Waals surface area contributed by atoms with Gasteiger partial charge in [-0.15, -0.1) is 0 Å². The fourth-order valence-corrected chi connectivity index (χ4v) is 3.67. The molecule has 0 radical (unpaired) electrons. The maximum Gasteiger partial charge on any atom is 0.278 e. The molecule has 0 unspecified atom stereocenters. The number of aromatic nitrogens is 2. The molecule has 2 aromatic carbocycles. The van der Waals surface area contributed by atoms with Crippen molar-refractivity contribution in [2.45, 2.75) is 31.4 Å². The lowest BCUT2D eigenvalue weighted by molar-refractivity contribution is -0.131. The minimum atomic E-state index is -2.55. The van der Waals surface area contributed by atoms with Crippen LogP contribution in [0.15, 0.2) is 61.2 Å². The molecule has 1 N–H and O–H groups in total. The molecule has 6 nitrogen and oxygen atoms in total. The number of hydrogen-bond acceptors (Lipinski definition) is 4. The summed E-state index contributed by atoms with van der Waals surface area (Å²) in [6.07, 6.45) is 4.03. The minimum Gasteiger partial charge on any atom is -0.353 e. The van der Waals surface area contributed by atoms with E-state index in [2.05, 4.69) is 15.3 Å². The Bertz CT molecular complexity index is 1180. The Balaban J connectivity index is 2.04. The van der Waals surface area contributed by atoms with Crippen molar-refractivity contribution in [2.24, 2.45) is 0 Å². The van der Waals surface area contributed by atoms with E-state index in [9.17, 15) is 22.8 Å². The van der Waals surface area contributed by atoms with Crippen LogP contribution in [0.1, 0.15) is 23.6 Å². The summed E-state index contributed by atoms with van der Waals surface area (Å²) < 4.78 is 42.6. The Morgan fingerprint density at radius 3 is 2.47 bits per heavy atom. The zero-order valence-corrected chi connectivity index (χ0v) is 19.2. The number of anilines is 1. The number of amides is 2. The van der Waals surface area contributed by atoms with Crippen LogP contribution in [-0.4, -0.2) is 34.0 Å². The third kappa shape index (κ3) is 5.36. The Labute approximate surface area is 199 Å². The van der Waals surface area contributed by atoms with E-state index in [1.807, 2.05) is 0 Å². The lowest BCUT2D eigenvalue weighted by Gasteiger charge is -2.40. The molecule has 0 bridgehead atoms. The van der Waals surface area contributed by atoms with Crippen LogP contribution in [0.25, 0.3) is 0 Å². The second kappa shape index (κ2) is 10.6. The van der Waals surface area contributed by atoms with E-state index in [-0.39, 0.29) is 24.2 Å². The molecule has 0 spiro atoms. The molecule has 0 fully saturated rings. The first kappa shape index (κ1) is 25.2. The number of carbonyl (C=O) groups is 2. The number of benzene rings is 2. The molecule has 34 heavy (non-hydrogen) atoms. The maximum absolute atomic E-state index is 15.0. The first-order chi connectivity index (χ1) is 16.1. The van der Waals surface area contributed by atoms with Crippen molar-refractivity contribution in [3.8, 4) is 0 Å². The SMILES string of the molecule is Cc1ccc(N(C(=O)[C@H](F)Cl)[C@@](C)(C(=O)NCCc2cccc(F)c2)c2cncnc2)c(F)c1. The summed E-state index contributed by atoms with van der Waals surface area (Å²) in [4.78, 5) is 34.9. The van der Waals surface area contributed by atoms with Gasteiger partial charge in [0.2, 0.25) is 0 Å². The van der Waals surface area contributed by atoms with Crippen molar-refractivity contribution in [2.75, 3.05) is 11.4 Å². The number of aryl methyl sites for hydroxylation is 1. The topological polar surface area (TPSA) is 75.2 Å². The van der Waals surface area contributed by atoms with Gasteiger partial charge in [-0.05, 0) is 55.7 Å². The van der Waals surface area contributed by atoms with Gasteiger partial charge in [-0.25, -0.2) is 23.1 Å². The quantitative estimate of drug-likeness (QED) is 0.480. The molecule has 3 aromatic rings. The van der Waals surface area contributed by atoms with E-state index in [1.165, 1.54) is 49.9 Å². The zero-order chi connectivity index (χ0) is 24.9. The largest absolute Gasteiger partial charge is 0.353 e. The summed E-state index contributed by atoms with van der Waals surface area (Å²) in [5, 5.41) is 2.67. The van der Waals surface area contributed by atoms with Gasteiger partial charge in [-0.2, -0.15) is 0 Å². The van der Waals surface area contributed by atoms with Crippen molar-refractivity contribution in [1.82, 2.24) is 15.3 Å². The van der Waals surface area contributed by atoms with Gasteiger partial charge in [0.05, 0.1) is 5.69 Å². The Morgan fingerprint density at radius 1 is 1.15 bits per heavy atom. The molecule has 10 heteroatoms. The molecule has 0 aliphatic carbocycles. The molecule has 178 valence electrons. The van der Waals surface area contributed by atoms with Crippen LogP contribution in [0.2, 0.25) is 0 Å². The van der Waals surface area contributed by atoms with E-state index < -0.39 is 34.6 Å². The van der Waals surface area contributed by atoms with Crippen molar-refractivity contribution < 1.29 is 22.8 Å². The van der Waals surface area contributed by atoms with Crippen molar-refractivity contribution >= 4 is 29.1 Å². The Hall–Kier alpha value is -3.46. The van der Waals surface area contributed by atoms with E-state index in [1.54, 1.807) is 19.1 Å². The summed E-state index contributed by atoms with van der Waals surface area (Å²) in [5.74, 6) is -3.36. The first-order valence-corrected chi connectivity index (χ1v) is 10.7. The normalized spacial score (nSPS) is 13.6. The summed E-state index contributed by atoms with van der Waals surface area (Å²) in [7, 11) is 0. The highest BCUT2D eigenvalue weighted by Crippen LogP contribution is 2.36. The van der Waals surface area contributed by atoms with Gasteiger partial charge < -0.3 is 5.32 Å². The third-order valence-electron chi connectivity index (χ3n) is 5.35. The molecule has 0 aliphatic heterocycles. The number of rotatable bonds is 8. The highest BCUT2D eigenvalue weighted by molar-refractivity contribution is 6.32. The highest BCUT2D eigenvalue weighted by atomic mass is 35.5. The van der Waals surface area contributed by atoms with Gasteiger partial charge in [0.25, 0.3) is 17.4 Å². The lowest BCUT2D eigenvalue weighted by Crippen LogP contribution is -2.59.